The Morgan fingerprint density at radius 3 is 2.20 bits per heavy atom. The van der Waals surface area contributed by atoms with Crippen LogP contribution in [0.4, 0.5) is 13.2 Å². The van der Waals surface area contributed by atoms with Crippen molar-refractivity contribution in [3.8, 4) is 0 Å². The second-order valence-electron chi connectivity index (χ2n) is 4.71. The normalized spacial score (nSPS) is 21.2. The maximum atomic E-state index is 12.6. The fourth-order valence-electron chi connectivity index (χ4n) is 1.94. The van der Waals surface area contributed by atoms with Crippen molar-refractivity contribution in [2.24, 2.45) is 0 Å². The number of rotatable bonds is 4. The molecule has 0 spiro atoms. The van der Waals surface area contributed by atoms with Gasteiger partial charge in [0.25, 0.3) is 10.1 Å². The van der Waals surface area contributed by atoms with Gasteiger partial charge in [-0.05, 0) is 12.8 Å². The summed E-state index contributed by atoms with van der Waals surface area (Å²) in [6.45, 7) is 0. The van der Waals surface area contributed by atoms with Crippen LogP contribution in [0, 0.1) is 0 Å². The molecule has 0 radical (unpaired) electrons. The van der Waals surface area contributed by atoms with Crippen LogP contribution in [0.1, 0.15) is 32.1 Å². The summed E-state index contributed by atoms with van der Waals surface area (Å²) < 4.78 is 70.6. The molecule has 0 bridgehead atoms. The summed E-state index contributed by atoms with van der Waals surface area (Å²) >= 11 is 3.08. The molecule has 1 aliphatic carbocycles. The van der Waals surface area contributed by atoms with Crippen LogP contribution >= 0.6 is 15.9 Å². The molecule has 1 unspecified atom stereocenters. The Kier molecular flexibility index (Phi) is 5.47. The zero-order valence-corrected chi connectivity index (χ0v) is 12.7. The van der Waals surface area contributed by atoms with E-state index in [9.17, 15) is 26.4 Å². The number of hydrogen-bond acceptors (Lipinski definition) is 4. The lowest BCUT2D eigenvalue weighted by atomic mass is 9.89. The first-order chi connectivity index (χ1) is 8.94. The molecule has 0 heterocycles. The third kappa shape index (κ3) is 5.21. The van der Waals surface area contributed by atoms with E-state index in [4.69, 9.17) is 4.55 Å². The number of hydrogen-bond donors (Lipinski definition) is 1. The molecule has 1 fully saturated rings. The van der Waals surface area contributed by atoms with Gasteiger partial charge in [-0.2, -0.15) is 21.6 Å². The van der Waals surface area contributed by atoms with Crippen LogP contribution in [-0.2, 0) is 19.6 Å². The third-order valence-electron chi connectivity index (χ3n) is 2.99. The van der Waals surface area contributed by atoms with Gasteiger partial charge >= 0.3 is 12.1 Å². The minimum absolute atomic E-state index is 0.322. The van der Waals surface area contributed by atoms with Crippen LogP contribution in [0.15, 0.2) is 0 Å². The van der Waals surface area contributed by atoms with E-state index in [-0.39, 0.29) is 0 Å². The highest BCUT2D eigenvalue weighted by molar-refractivity contribution is 9.10. The summed E-state index contributed by atoms with van der Waals surface area (Å²) in [6.07, 6.45) is -5.10. The summed E-state index contributed by atoms with van der Waals surface area (Å²) in [5.41, 5.74) is 0. The molecule has 20 heavy (non-hydrogen) atoms. The number of carbonyl (C=O) groups excluding carboxylic acids is 1. The summed E-state index contributed by atoms with van der Waals surface area (Å²) in [7, 11) is -4.92. The van der Waals surface area contributed by atoms with Gasteiger partial charge in [-0.1, -0.05) is 35.2 Å². The quantitative estimate of drug-likeness (QED) is 0.458. The number of ether oxygens (including phenoxy) is 1. The van der Waals surface area contributed by atoms with E-state index in [0.717, 1.165) is 6.42 Å². The SMILES string of the molecule is O=C(OC(CS(=O)(=O)O)C(F)(F)F)C1(Br)CCCCC1. The molecule has 0 aliphatic heterocycles. The third-order valence-corrected chi connectivity index (χ3v) is 4.83. The van der Waals surface area contributed by atoms with E-state index >= 15 is 0 Å². The van der Waals surface area contributed by atoms with Gasteiger partial charge < -0.3 is 4.74 Å². The maximum Gasteiger partial charge on any atom is 0.426 e. The fourth-order valence-corrected chi connectivity index (χ4v) is 3.23. The van der Waals surface area contributed by atoms with Crippen molar-refractivity contribution < 1.29 is 35.7 Å². The predicted octanol–water partition coefficient (Wildman–Crippen LogP) is 2.45. The van der Waals surface area contributed by atoms with E-state index < -0.39 is 38.4 Å². The highest BCUT2D eigenvalue weighted by Gasteiger charge is 2.48. The van der Waals surface area contributed by atoms with Crippen LogP contribution in [-0.4, -0.2) is 41.3 Å². The molecule has 1 saturated carbocycles. The zero-order chi connectivity index (χ0) is 15.6. The summed E-state index contributed by atoms with van der Waals surface area (Å²) in [6, 6.07) is 0. The predicted molar refractivity (Wildman–Crippen MR) is 67.1 cm³/mol. The Balaban J connectivity index is 2.81. The Morgan fingerprint density at radius 1 is 1.30 bits per heavy atom. The Morgan fingerprint density at radius 2 is 1.80 bits per heavy atom. The van der Waals surface area contributed by atoms with Gasteiger partial charge in [0.2, 0.25) is 6.10 Å². The van der Waals surface area contributed by atoms with Gasteiger partial charge in [0, 0.05) is 0 Å². The number of alkyl halides is 4. The molecule has 1 rings (SSSR count). The molecule has 0 aromatic carbocycles. The van der Waals surface area contributed by atoms with Crippen molar-refractivity contribution in [2.45, 2.75) is 48.7 Å². The average Bonchev–Trinajstić information content (AvgIpc) is 2.26. The summed E-state index contributed by atoms with van der Waals surface area (Å²) in [5, 5.41) is 0. The molecular weight excluding hydrogens is 369 g/mol. The fraction of sp³-hybridized carbons (Fsp3) is 0.900. The van der Waals surface area contributed by atoms with Crippen LogP contribution < -0.4 is 0 Å². The van der Waals surface area contributed by atoms with Crippen molar-refractivity contribution in [3.05, 3.63) is 0 Å². The first kappa shape index (κ1) is 17.7. The minimum Gasteiger partial charge on any atom is -0.450 e. The second-order valence-corrected chi connectivity index (χ2v) is 7.73. The van der Waals surface area contributed by atoms with E-state index in [1.54, 1.807) is 0 Å². The van der Waals surface area contributed by atoms with Gasteiger partial charge in [-0.3, -0.25) is 9.35 Å². The molecule has 0 aromatic rings. The van der Waals surface area contributed by atoms with Crippen molar-refractivity contribution in [1.82, 2.24) is 0 Å². The largest absolute Gasteiger partial charge is 0.450 e. The molecule has 10 heteroatoms. The van der Waals surface area contributed by atoms with Crippen molar-refractivity contribution in [1.29, 1.82) is 0 Å². The number of halogens is 4. The Bertz CT molecular complexity index is 456. The first-order valence-electron chi connectivity index (χ1n) is 5.86. The minimum atomic E-state index is -5.07. The number of esters is 1. The van der Waals surface area contributed by atoms with Crippen LogP contribution in [0.2, 0.25) is 0 Å². The topological polar surface area (TPSA) is 80.7 Å². The molecule has 5 nitrogen and oxygen atoms in total. The average molecular weight is 383 g/mol. The van der Waals surface area contributed by atoms with Crippen molar-refractivity contribution in [3.63, 3.8) is 0 Å². The van der Waals surface area contributed by atoms with E-state index in [2.05, 4.69) is 20.7 Å². The lowest BCUT2D eigenvalue weighted by Gasteiger charge is -2.31. The monoisotopic (exact) mass is 382 g/mol. The lowest BCUT2D eigenvalue weighted by molar-refractivity contribution is -0.216. The highest BCUT2D eigenvalue weighted by atomic mass is 79.9. The molecule has 1 aliphatic rings. The lowest BCUT2D eigenvalue weighted by Crippen LogP contribution is -2.45. The molecule has 0 saturated heterocycles. The van der Waals surface area contributed by atoms with Gasteiger partial charge in [-0.25, -0.2) is 0 Å². The van der Waals surface area contributed by atoms with E-state index in [1.807, 2.05) is 0 Å². The van der Waals surface area contributed by atoms with Crippen LogP contribution in [0.3, 0.4) is 0 Å². The second kappa shape index (κ2) is 6.18. The maximum absolute atomic E-state index is 12.6. The molecule has 118 valence electrons. The van der Waals surface area contributed by atoms with E-state index in [1.165, 1.54) is 0 Å². The smallest absolute Gasteiger partial charge is 0.426 e. The Hall–Kier alpha value is -0.350. The molecule has 1 N–H and O–H groups in total. The van der Waals surface area contributed by atoms with Crippen LogP contribution in [0.5, 0.6) is 0 Å². The molecule has 0 aromatic heterocycles. The Labute approximate surface area is 122 Å². The summed E-state index contributed by atoms with van der Waals surface area (Å²) in [4.78, 5) is 11.8. The van der Waals surface area contributed by atoms with Crippen molar-refractivity contribution >= 4 is 32.0 Å². The number of carbonyl (C=O) groups is 1. The molecule has 0 amide bonds. The van der Waals surface area contributed by atoms with Gasteiger partial charge in [-0.15, -0.1) is 0 Å². The van der Waals surface area contributed by atoms with Crippen LogP contribution in [0.25, 0.3) is 0 Å². The van der Waals surface area contributed by atoms with E-state index in [0.29, 0.717) is 25.7 Å². The van der Waals surface area contributed by atoms with Gasteiger partial charge in [0.05, 0.1) is 0 Å². The molecule has 1 atom stereocenters. The van der Waals surface area contributed by atoms with Crippen molar-refractivity contribution in [2.75, 3.05) is 5.75 Å². The van der Waals surface area contributed by atoms with Gasteiger partial charge in [0.15, 0.2) is 0 Å². The zero-order valence-electron chi connectivity index (χ0n) is 10.3. The highest BCUT2D eigenvalue weighted by Crippen LogP contribution is 2.38. The van der Waals surface area contributed by atoms with Gasteiger partial charge in [0.1, 0.15) is 10.1 Å². The summed E-state index contributed by atoms with van der Waals surface area (Å²) in [5.74, 6) is -2.85. The first-order valence-corrected chi connectivity index (χ1v) is 8.26. The molecular formula is C10H14BrF3O5S. The standard InChI is InChI=1S/C10H14BrF3O5S/c11-9(4-2-1-3-5-9)8(15)19-7(10(12,13)14)6-20(16,17)18/h7H,1-6H2,(H,16,17,18).